The fourth-order valence-corrected chi connectivity index (χ4v) is 3.16. The third-order valence-corrected chi connectivity index (χ3v) is 4.82. The molecule has 6 nitrogen and oxygen atoms in total. The van der Waals surface area contributed by atoms with Crippen molar-refractivity contribution in [2.24, 2.45) is 5.10 Å². The van der Waals surface area contributed by atoms with Gasteiger partial charge in [-0.15, -0.1) is 5.10 Å². The lowest BCUT2D eigenvalue weighted by atomic mass is 10.2. The zero-order valence-electron chi connectivity index (χ0n) is 15.3. The summed E-state index contributed by atoms with van der Waals surface area (Å²) in [4.78, 5) is 16.7. The molecule has 0 aliphatic carbocycles. The van der Waals surface area contributed by atoms with Gasteiger partial charge in [-0.05, 0) is 43.3 Å². The summed E-state index contributed by atoms with van der Waals surface area (Å²) >= 11 is 3.41. The molecule has 1 heterocycles. The number of carbonyl (C=O) groups excluding carboxylic acids is 1. The molecule has 3 rings (SSSR count). The quantitative estimate of drug-likeness (QED) is 0.347. The van der Waals surface area contributed by atoms with Crippen molar-refractivity contribution in [2.45, 2.75) is 6.92 Å². The number of para-hydroxylation sites is 1. The first kappa shape index (κ1) is 19.2. The fraction of sp³-hybridized carbons (Fsp3) is 0.300. The second-order valence-electron chi connectivity index (χ2n) is 6.08. The standard InChI is InChI=1S/C20H23BrN4O2/c1-2-27-20(26)19(23-22-17-10-8-16(21)9-11-17)25-14-12-24(13-15-25)18-6-4-3-5-7-18/h3-11,22H,2,12-15H2,1H3/b23-19+. The third kappa shape index (κ3) is 5.23. The molecular formula is C20H23BrN4O2. The minimum Gasteiger partial charge on any atom is -0.460 e. The van der Waals surface area contributed by atoms with E-state index in [1.165, 1.54) is 5.69 Å². The maximum Gasteiger partial charge on any atom is 0.375 e. The Kier molecular flexibility index (Phi) is 6.70. The van der Waals surface area contributed by atoms with E-state index in [-0.39, 0.29) is 0 Å². The molecule has 27 heavy (non-hydrogen) atoms. The first-order chi connectivity index (χ1) is 13.2. The molecule has 0 atom stereocenters. The first-order valence-electron chi connectivity index (χ1n) is 8.98. The van der Waals surface area contributed by atoms with Crippen LogP contribution in [-0.4, -0.2) is 49.5 Å². The van der Waals surface area contributed by atoms with Crippen LogP contribution < -0.4 is 10.3 Å². The Morgan fingerprint density at radius 2 is 1.74 bits per heavy atom. The van der Waals surface area contributed by atoms with Crippen LogP contribution in [-0.2, 0) is 9.53 Å². The van der Waals surface area contributed by atoms with E-state index in [1.807, 2.05) is 47.4 Å². The lowest BCUT2D eigenvalue weighted by Crippen LogP contribution is -2.51. The molecule has 0 bridgehead atoms. The number of hydrazone groups is 1. The van der Waals surface area contributed by atoms with Crippen molar-refractivity contribution >= 4 is 39.1 Å². The van der Waals surface area contributed by atoms with E-state index in [2.05, 4.69) is 43.5 Å². The molecule has 1 fully saturated rings. The molecule has 0 amide bonds. The normalized spacial score (nSPS) is 14.8. The zero-order valence-corrected chi connectivity index (χ0v) is 16.9. The average molecular weight is 431 g/mol. The van der Waals surface area contributed by atoms with Crippen LogP contribution in [0, 0.1) is 0 Å². The van der Waals surface area contributed by atoms with Crippen LogP contribution in [0.5, 0.6) is 0 Å². The minimum atomic E-state index is -0.407. The van der Waals surface area contributed by atoms with E-state index in [0.29, 0.717) is 25.5 Å². The van der Waals surface area contributed by atoms with Gasteiger partial charge in [0.2, 0.25) is 5.84 Å². The highest BCUT2D eigenvalue weighted by molar-refractivity contribution is 9.10. The zero-order chi connectivity index (χ0) is 19.1. The number of nitrogens with zero attached hydrogens (tertiary/aromatic N) is 3. The van der Waals surface area contributed by atoms with Gasteiger partial charge in [0, 0.05) is 36.3 Å². The molecular weight excluding hydrogens is 408 g/mol. The van der Waals surface area contributed by atoms with Gasteiger partial charge in [-0.3, -0.25) is 5.43 Å². The molecule has 0 unspecified atom stereocenters. The van der Waals surface area contributed by atoms with Crippen molar-refractivity contribution < 1.29 is 9.53 Å². The van der Waals surface area contributed by atoms with Gasteiger partial charge in [0.25, 0.3) is 0 Å². The van der Waals surface area contributed by atoms with Crippen molar-refractivity contribution in [3.8, 4) is 0 Å². The van der Waals surface area contributed by atoms with Gasteiger partial charge in [-0.2, -0.15) is 0 Å². The first-order valence-corrected chi connectivity index (χ1v) is 9.78. The van der Waals surface area contributed by atoms with Crippen LogP contribution in [0.3, 0.4) is 0 Å². The predicted molar refractivity (Wildman–Crippen MR) is 112 cm³/mol. The molecule has 7 heteroatoms. The highest BCUT2D eigenvalue weighted by atomic mass is 79.9. The predicted octanol–water partition coefficient (Wildman–Crippen LogP) is 3.56. The monoisotopic (exact) mass is 430 g/mol. The van der Waals surface area contributed by atoms with Crippen molar-refractivity contribution in [2.75, 3.05) is 43.1 Å². The molecule has 1 saturated heterocycles. The number of esters is 1. The summed E-state index contributed by atoms with van der Waals surface area (Å²) in [6.45, 7) is 5.16. The van der Waals surface area contributed by atoms with Crippen LogP contribution in [0.1, 0.15) is 6.92 Å². The van der Waals surface area contributed by atoms with E-state index in [1.54, 1.807) is 6.92 Å². The number of anilines is 2. The van der Waals surface area contributed by atoms with Crippen LogP contribution in [0.2, 0.25) is 0 Å². The lowest BCUT2D eigenvalue weighted by Gasteiger charge is -2.36. The molecule has 0 aromatic heterocycles. The Labute approximate surface area is 167 Å². The molecule has 142 valence electrons. The van der Waals surface area contributed by atoms with Crippen molar-refractivity contribution in [1.82, 2.24) is 4.90 Å². The number of carbonyl (C=O) groups is 1. The lowest BCUT2D eigenvalue weighted by molar-refractivity contribution is -0.135. The minimum absolute atomic E-state index is 0.312. The fourth-order valence-electron chi connectivity index (χ4n) is 2.90. The molecule has 1 aliphatic heterocycles. The number of ether oxygens (including phenoxy) is 1. The van der Waals surface area contributed by atoms with Crippen LogP contribution in [0.15, 0.2) is 64.2 Å². The number of amidine groups is 1. The number of hydrogen-bond acceptors (Lipinski definition) is 5. The van der Waals surface area contributed by atoms with E-state index < -0.39 is 5.97 Å². The summed E-state index contributed by atoms with van der Waals surface area (Å²) in [6, 6.07) is 17.9. The topological polar surface area (TPSA) is 57.2 Å². The molecule has 0 radical (unpaired) electrons. The summed E-state index contributed by atoms with van der Waals surface area (Å²) < 4.78 is 6.19. The summed E-state index contributed by atoms with van der Waals surface area (Å²) in [5, 5.41) is 4.35. The van der Waals surface area contributed by atoms with E-state index in [4.69, 9.17) is 4.74 Å². The van der Waals surface area contributed by atoms with Gasteiger partial charge in [0.1, 0.15) is 0 Å². The Morgan fingerprint density at radius 3 is 2.37 bits per heavy atom. The Hall–Kier alpha value is -2.54. The molecule has 0 spiro atoms. The molecule has 1 N–H and O–H groups in total. The van der Waals surface area contributed by atoms with E-state index in [9.17, 15) is 4.79 Å². The summed E-state index contributed by atoms with van der Waals surface area (Å²) in [7, 11) is 0. The summed E-state index contributed by atoms with van der Waals surface area (Å²) in [5.41, 5.74) is 4.96. The van der Waals surface area contributed by atoms with Crippen LogP contribution >= 0.6 is 15.9 Å². The van der Waals surface area contributed by atoms with E-state index in [0.717, 1.165) is 23.2 Å². The van der Waals surface area contributed by atoms with Crippen LogP contribution in [0.25, 0.3) is 0 Å². The summed E-state index contributed by atoms with van der Waals surface area (Å²) in [5.74, 6) is -0.0947. The Bertz CT molecular complexity index is 772. The number of piperazine rings is 1. The van der Waals surface area contributed by atoms with Crippen molar-refractivity contribution in [3.63, 3.8) is 0 Å². The number of benzene rings is 2. The van der Waals surface area contributed by atoms with Crippen LogP contribution in [0.4, 0.5) is 11.4 Å². The Balaban J connectivity index is 1.69. The second-order valence-corrected chi connectivity index (χ2v) is 7.00. The molecule has 2 aromatic rings. The maximum absolute atomic E-state index is 12.4. The number of halogens is 1. The van der Waals surface area contributed by atoms with Gasteiger partial charge in [-0.25, -0.2) is 4.79 Å². The molecule has 2 aromatic carbocycles. The molecule has 0 saturated carbocycles. The summed E-state index contributed by atoms with van der Waals surface area (Å²) in [6.07, 6.45) is 0. The third-order valence-electron chi connectivity index (χ3n) is 4.29. The van der Waals surface area contributed by atoms with E-state index >= 15 is 0 Å². The molecule has 1 aliphatic rings. The van der Waals surface area contributed by atoms with Gasteiger partial charge in [0.15, 0.2) is 0 Å². The van der Waals surface area contributed by atoms with Crippen molar-refractivity contribution in [3.05, 3.63) is 59.1 Å². The van der Waals surface area contributed by atoms with Gasteiger partial charge < -0.3 is 14.5 Å². The van der Waals surface area contributed by atoms with Gasteiger partial charge in [0.05, 0.1) is 12.3 Å². The van der Waals surface area contributed by atoms with Gasteiger partial charge in [-0.1, -0.05) is 34.1 Å². The van der Waals surface area contributed by atoms with Gasteiger partial charge >= 0.3 is 5.97 Å². The number of hydrogen-bond donors (Lipinski definition) is 1. The Morgan fingerprint density at radius 1 is 1.07 bits per heavy atom. The highest BCUT2D eigenvalue weighted by Gasteiger charge is 2.25. The smallest absolute Gasteiger partial charge is 0.375 e. The SMILES string of the molecule is CCOC(=O)/C(=N\Nc1ccc(Br)cc1)N1CCN(c2ccccc2)CC1. The largest absolute Gasteiger partial charge is 0.460 e. The number of rotatable bonds is 4. The second kappa shape index (κ2) is 9.41. The van der Waals surface area contributed by atoms with Crippen molar-refractivity contribution in [1.29, 1.82) is 0 Å². The average Bonchev–Trinajstić information content (AvgIpc) is 2.71. The maximum atomic E-state index is 12.4. The number of nitrogens with one attached hydrogen (secondary N) is 1. The highest BCUT2D eigenvalue weighted by Crippen LogP contribution is 2.17.